The molecular weight excluding hydrogens is 280 g/mol. The van der Waals surface area contributed by atoms with E-state index in [1.165, 1.54) is 6.08 Å². The van der Waals surface area contributed by atoms with E-state index in [1.807, 2.05) is 37.3 Å². The quantitative estimate of drug-likeness (QED) is 0.539. The van der Waals surface area contributed by atoms with Crippen LogP contribution in [0.3, 0.4) is 0 Å². The van der Waals surface area contributed by atoms with E-state index in [0.29, 0.717) is 19.8 Å². The fraction of sp³-hybridized carbons (Fsp3) is 0.412. The van der Waals surface area contributed by atoms with Gasteiger partial charge in [0.05, 0.1) is 0 Å². The predicted molar refractivity (Wildman–Crippen MR) is 87.2 cm³/mol. The molecule has 0 fully saturated rings. The van der Waals surface area contributed by atoms with Gasteiger partial charge in [0, 0.05) is 25.8 Å². The molecule has 1 atom stereocenters. The summed E-state index contributed by atoms with van der Waals surface area (Å²) in [7, 11) is 0. The Hall–Kier alpha value is -2.14. The lowest BCUT2D eigenvalue weighted by Crippen LogP contribution is -2.44. The first-order chi connectivity index (χ1) is 10.6. The monoisotopic (exact) mass is 304 g/mol. The highest BCUT2D eigenvalue weighted by molar-refractivity contribution is 5.95. The van der Waals surface area contributed by atoms with Crippen LogP contribution in [0, 0.1) is 0 Å². The van der Waals surface area contributed by atoms with E-state index in [-0.39, 0.29) is 11.8 Å². The van der Waals surface area contributed by atoms with Gasteiger partial charge in [0.25, 0.3) is 0 Å². The molecule has 0 aliphatic heterocycles. The molecule has 0 aliphatic rings. The zero-order chi connectivity index (χ0) is 16.2. The van der Waals surface area contributed by atoms with Crippen molar-refractivity contribution in [1.29, 1.82) is 0 Å². The first kappa shape index (κ1) is 17.9. The number of hydrogen-bond donors (Lipinski definition) is 2. The fourth-order valence-electron chi connectivity index (χ4n) is 1.75. The average molecular weight is 304 g/mol. The zero-order valence-electron chi connectivity index (χ0n) is 13.2. The van der Waals surface area contributed by atoms with E-state index >= 15 is 0 Å². The lowest BCUT2D eigenvalue weighted by Gasteiger charge is -2.12. The van der Waals surface area contributed by atoms with Crippen molar-refractivity contribution in [2.75, 3.05) is 19.8 Å². The van der Waals surface area contributed by atoms with E-state index in [4.69, 9.17) is 4.74 Å². The van der Waals surface area contributed by atoms with Crippen LogP contribution < -0.4 is 10.6 Å². The number of hydrogen-bond acceptors (Lipinski definition) is 3. The second kappa shape index (κ2) is 10.6. The molecule has 0 radical (unpaired) electrons. The molecule has 5 heteroatoms. The van der Waals surface area contributed by atoms with Gasteiger partial charge in [-0.3, -0.25) is 9.59 Å². The Kier molecular flexibility index (Phi) is 8.60. The topological polar surface area (TPSA) is 67.4 Å². The molecule has 0 saturated heterocycles. The minimum Gasteiger partial charge on any atom is -0.382 e. The molecule has 1 unspecified atom stereocenters. The lowest BCUT2D eigenvalue weighted by atomic mass is 10.2. The summed E-state index contributed by atoms with van der Waals surface area (Å²) in [5, 5.41) is 5.40. The Bertz CT molecular complexity index is 486. The van der Waals surface area contributed by atoms with Gasteiger partial charge in [-0.25, -0.2) is 0 Å². The lowest BCUT2D eigenvalue weighted by molar-refractivity contribution is -0.126. The molecule has 5 nitrogen and oxygen atoms in total. The second-order valence-corrected chi connectivity index (χ2v) is 4.82. The predicted octanol–water partition coefficient (Wildman–Crippen LogP) is 1.75. The summed E-state index contributed by atoms with van der Waals surface area (Å²) < 4.78 is 5.18. The smallest absolute Gasteiger partial charge is 0.244 e. The third-order valence-electron chi connectivity index (χ3n) is 2.95. The Morgan fingerprint density at radius 3 is 2.68 bits per heavy atom. The molecule has 22 heavy (non-hydrogen) atoms. The molecule has 120 valence electrons. The highest BCUT2D eigenvalue weighted by Crippen LogP contribution is 2.00. The van der Waals surface area contributed by atoms with Crippen LogP contribution in [0.4, 0.5) is 0 Å². The van der Waals surface area contributed by atoms with Crippen LogP contribution in [0.1, 0.15) is 25.8 Å². The number of rotatable bonds is 9. The van der Waals surface area contributed by atoms with Crippen LogP contribution in [-0.4, -0.2) is 37.6 Å². The van der Waals surface area contributed by atoms with Gasteiger partial charge in [-0.05, 0) is 31.9 Å². The standard InChI is InChI=1S/C17H24N2O3/c1-3-22-13-7-12-18-17(21)14(2)19-16(20)11-10-15-8-5-4-6-9-15/h4-6,8-11,14H,3,7,12-13H2,1-2H3,(H,18,21)(H,19,20)/b11-10+. The molecule has 0 aliphatic carbocycles. The van der Waals surface area contributed by atoms with Crippen molar-refractivity contribution < 1.29 is 14.3 Å². The van der Waals surface area contributed by atoms with Gasteiger partial charge in [0.2, 0.25) is 11.8 Å². The molecule has 0 bridgehead atoms. The number of amides is 2. The zero-order valence-corrected chi connectivity index (χ0v) is 13.2. The second-order valence-electron chi connectivity index (χ2n) is 4.82. The third kappa shape index (κ3) is 7.59. The van der Waals surface area contributed by atoms with Crippen molar-refractivity contribution in [2.24, 2.45) is 0 Å². The van der Waals surface area contributed by atoms with Crippen molar-refractivity contribution >= 4 is 17.9 Å². The summed E-state index contributed by atoms with van der Waals surface area (Å²) in [6.45, 7) is 5.43. The first-order valence-corrected chi connectivity index (χ1v) is 7.52. The maximum Gasteiger partial charge on any atom is 0.244 e. The van der Waals surface area contributed by atoms with Crippen molar-refractivity contribution in [3.63, 3.8) is 0 Å². The average Bonchev–Trinajstić information content (AvgIpc) is 2.53. The fourth-order valence-corrected chi connectivity index (χ4v) is 1.75. The third-order valence-corrected chi connectivity index (χ3v) is 2.95. The molecule has 1 aromatic rings. The highest BCUT2D eigenvalue weighted by Gasteiger charge is 2.13. The summed E-state index contributed by atoms with van der Waals surface area (Å²) in [5.41, 5.74) is 0.936. The van der Waals surface area contributed by atoms with E-state index in [1.54, 1.807) is 13.0 Å². The molecular formula is C17H24N2O3. The Morgan fingerprint density at radius 2 is 2.00 bits per heavy atom. The van der Waals surface area contributed by atoms with Crippen LogP contribution in [0.15, 0.2) is 36.4 Å². The number of nitrogens with one attached hydrogen (secondary N) is 2. The molecule has 0 saturated carbocycles. The van der Waals surface area contributed by atoms with Gasteiger partial charge in [-0.2, -0.15) is 0 Å². The van der Waals surface area contributed by atoms with Gasteiger partial charge in [0.15, 0.2) is 0 Å². The number of carbonyl (C=O) groups excluding carboxylic acids is 2. The van der Waals surface area contributed by atoms with Crippen LogP contribution in [0.25, 0.3) is 6.08 Å². The Labute approximate surface area is 131 Å². The molecule has 2 N–H and O–H groups in total. The Balaban J connectivity index is 2.28. The summed E-state index contributed by atoms with van der Waals surface area (Å²) >= 11 is 0. The van der Waals surface area contributed by atoms with Gasteiger partial charge in [0.1, 0.15) is 6.04 Å². The van der Waals surface area contributed by atoms with Gasteiger partial charge in [-0.15, -0.1) is 0 Å². The van der Waals surface area contributed by atoms with Gasteiger partial charge >= 0.3 is 0 Å². The van der Waals surface area contributed by atoms with Crippen LogP contribution >= 0.6 is 0 Å². The first-order valence-electron chi connectivity index (χ1n) is 7.52. The molecule has 0 spiro atoms. The summed E-state index contributed by atoms with van der Waals surface area (Å²) in [5.74, 6) is -0.487. The summed E-state index contributed by atoms with van der Waals surface area (Å²) in [4.78, 5) is 23.5. The van der Waals surface area contributed by atoms with E-state index in [0.717, 1.165) is 12.0 Å². The van der Waals surface area contributed by atoms with Crippen molar-refractivity contribution in [1.82, 2.24) is 10.6 Å². The largest absolute Gasteiger partial charge is 0.382 e. The van der Waals surface area contributed by atoms with Crippen molar-refractivity contribution in [2.45, 2.75) is 26.3 Å². The molecule has 1 rings (SSSR count). The molecule has 0 heterocycles. The summed E-state index contributed by atoms with van der Waals surface area (Å²) in [6, 6.07) is 8.94. The van der Waals surface area contributed by atoms with E-state index in [9.17, 15) is 9.59 Å². The summed E-state index contributed by atoms with van der Waals surface area (Å²) in [6.07, 6.45) is 3.89. The number of ether oxygens (including phenoxy) is 1. The molecule has 0 aromatic heterocycles. The van der Waals surface area contributed by atoms with E-state index in [2.05, 4.69) is 10.6 Å². The van der Waals surface area contributed by atoms with Crippen LogP contribution in [-0.2, 0) is 14.3 Å². The maximum absolute atomic E-state index is 11.8. The van der Waals surface area contributed by atoms with Gasteiger partial charge < -0.3 is 15.4 Å². The highest BCUT2D eigenvalue weighted by atomic mass is 16.5. The van der Waals surface area contributed by atoms with Crippen LogP contribution in [0.5, 0.6) is 0 Å². The van der Waals surface area contributed by atoms with E-state index < -0.39 is 6.04 Å². The molecule has 1 aromatic carbocycles. The number of carbonyl (C=O) groups is 2. The SMILES string of the molecule is CCOCCCNC(=O)C(C)NC(=O)/C=C/c1ccccc1. The van der Waals surface area contributed by atoms with Gasteiger partial charge in [-0.1, -0.05) is 30.3 Å². The normalized spacial score (nSPS) is 12.1. The maximum atomic E-state index is 11.8. The minimum atomic E-state index is -0.569. The Morgan fingerprint density at radius 1 is 1.27 bits per heavy atom. The number of benzene rings is 1. The van der Waals surface area contributed by atoms with Crippen molar-refractivity contribution in [3.05, 3.63) is 42.0 Å². The minimum absolute atomic E-state index is 0.196. The van der Waals surface area contributed by atoms with Crippen molar-refractivity contribution in [3.8, 4) is 0 Å². The molecule has 2 amide bonds. The van der Waals surface area contributed by atoms with Crippen LogP contribution in [0.2, 0.25) is 0 Å².